The molecule has 2 heterocycles. The highest BCUT2D eigenvalue weighted by Crippen LogP contribution is 2.25. The quantitative estimate of drug-likeness (QED) is 0.883. The molecule has 21 heavy (non-hydrogen) atoms. The molecule has 2 atom stereocenters. The average molecular weight is 287 g/mol. The third-order valence-electron chi connectivity index (χ3n) is 4.15. The highest BCUT2D eigenvalue weighted by molar-refractivity contribution is 5.97. The number of amides is 1. The molecule has 1 fully saturated rings. The number of nitrogens with one attached hydrogen (secondary N) is 1. The zero-order valence-electron chi connectivity index (χ0n) is 11.7. The van der Waals surface area contributed by atoms with E-state index in [1.54, 1.807) is 23.4 Å². The van der Waals surface area contributed by atoms with E-state index in [1.165, 1.54) is 0 Å². The van der Waals surface area contributed by atoms with E-state index in [0.29, 0.717) is 24.9 Å². The van der Waals surface area contributed by atoms with Crippen molar-refractivity contribution in [3.8, 4) is 0 Å². The van der Waals surface area contributed by atoms with Crippen molar-refractivity contribution in [2.75, 3.05) is 6.54 Å². The van der Waals surface area contributed by atoms with E-state index >= 15 is 0 Å². The van der Waals surface area contributed by atoms with Gasteiger partial charge in [0.15, 0.2) is 0 Å². The van der Waals surface area contributed by atoms with Crippen molar-refractivity contribution < 1.29 is 14.7 Å². The summed E-state index contributed by atoms with van der Waals surface area (Å²) in [5, 5.41) is 9.08. The molecule has 1 amide bonds. The number of H-pyrrole nitrogens is 1. The van der Waals surface area contributed by atoms with Gasteiger partial charge >= 0.3 is 5.97 Å². The zero-order chi connectivity index (χ0) is 15.0. The van der Waals surface area contributed by atoms with Crippen LogP contribution in [-0.2, 0) is 4.79 Å². The number of carbonyl (C=O) groups is 2. The summed E-state index contributed by atoms with van der Waals surface area (Å²) in [5.74, 6) is -1.17. The second kappa shape index (κ2) is 5.20. The Balaban J connectivity index is 1.80. The second-order valence-corrected chi connectivity index (χ2v) is 5.54. The SMILES string of the molecule is CC1CC(C(=O)O)CCN1C(=O)c1ccc2nc[nH]c2c1. The predicted octanol–water partition coefficient (Wildman–Crippen LogP) is 1.89. The number of carboxylic acids is 1. The standard InChI is InChI=1S/C15H17N3O3/c1-9-6-11(15(20)21)4-5-18(9)14(19)10-2-3-12-13(7-10)17-8-16-12/h2-3,7-9,11H,4-6H2,1H3,(H,16,17)(H,20,21). The first kappa shape index (κ1) is 13.6. The fourth-order valence-electron chi connectivity index (χ4n) is 2.93. The molecule has 2 unspecified atom stereocenters. The number of hydrogen-bond acceptors (Lipinski definition) is 3. The molecular formula is C15H17N3O3. The van der Waals surface area contributed by atoms with Crippen molar-refractivity contribution in [3.05, 3.63) is 30.1 Å². The van der Waals surface area contributed by atoms with Gasteiger partial charge in [-0.05, 0) is 38.0 Å². The second-order valence-electron chi connectivity index (χ2n) is 5.54. The molecule has 6 nitrogen and oxygen atoms in total. The van der Waals surface area contributed by atoms with Gasteiger partial charge in [0.25, 0.3) is 5.91 Å². The first-order valence-corrected chi connectivity index (χ1v) is 7.03. The Hall–Kier alpha value is -2.37. The van der Waals surface area contributed by atoms with Crippen LogP contribution in [0.1, 0.15) is 30.1 Å². The van der Waals surface area contributed by atoms with E-state index in [1.807, 2.05) is 13.0 Å². The molecular weight excluding hydrogens is 270 g/mol. The third-order valence-corrected chi connectivity index (χ3v) is 4.15. The molecule has 2 N–H and O–H groups in total. The molecule has 0 radical (unpaired) electrons. The first-order chi connectivity index (χ1) is 10.1. The number of imidazole rings is 1. The Kier molecular flexibility index (Phi) is 3.37. The summed E-state index contributed by atoms with van der Waals surface area (Å²) in [7, 11) is 0. The van der Waals surface area contributed by atoms with E-state index in [0.717, 1.165) is 11.0 Å². The Morgan fingerprint density at radius 3 is 2.95 bits per heavy atom. The van der Waals surface area contributed by atoms with Crippen molar-refractivity contribution in [1.29, 1.82) is 0 Å². The van der Waals surface area contributed by atoms with Crippen molar-refractivity contribution >= 4 is 22.9 Å². The maximum atomic E-state index is 12.6. The minimum atomic E-state index is -0.771. The lowest BCUT2D eigenvalue weighted by molar-refractivity contribution is -0.143. The number of carbonyl (C=O) groups excluding carboxylic acids is 1. The third kappa shape index (κ3) is 2.49. The lowest BCUT2D eigenvalue weighted by Crippen LogP contribution is -2.46. The zero-order valence-corrected chi connectivity index (χ0v) is 11.7. The summed E-state index contributed by atoms with van der Waals surface area (Å²) in [4.78, 5) is 32.5. The van der Waals surface area contributed by atoms with Gasteiger partial charge < -0.3 is 15.0 Å². The van der Waals surface area contributed by atoms with Gasteiger partial charge in [0.05, 0.1) is 23.3 Å². The minimum absolute atomic E-state index is 0.0529. The van der Waals surface area contributed by atoms with Crippen molar-refractivity contribution in [3.63, 3.8) is 0 Å². The maximum Gasteiger partial charge on any atom is 0.306 e. The van der Waals surface area contributed by atoms with E-state index in [-0.39, 0.29) is 17.9 Å². The maximum absolute atomic E-state index is 12.6. The largest absolute Gasteiger partial charge is 0.481 e. The van der Waals surface area contributed by atoms with Crippen LogP contribution in [0, 0.1) is 5.92 Å². The van der Waals surface area contributed by atoms with Crippen LogP contribution in [0.15, 0.2) is 24.5 Å². The predicted molar refractivity (Wildman–Crippen MR) is 77.0 cm³/mol. The van der Waals surface area contributed by atoms with Gasteiger partial charge in [-0.25, -0.2) is 4.98 Å². The monoisotopic (exact) mass is 287 g/mol. The van der Waals surface area contributed by atoms with Crippen LogP contribution in [0.3, 0.4) is 0 Å². The fraction of sp³-hybridized carbons (Fsp3) is 0.400. The lowest BCUT2D eigenvalue weighted by atomic mass is 9.91. The number of fused-ring (bicyclic) bond motifs is 1. The Bertz CT molecular complexity index is 694. The van der Waals surface area contributed by atoms with Gasteiger partial charge in [0.1, 0.15) is 0 Å². The van der Waals surface area contributed by atoms with Crippen LogP contribution in [0.4, 0.5) is 0 Å². The summed E-state index contributed by atoms with van der Waals surface area (Å²) in [6.07, 6.45) is 2.62. The number of aliphatic carboxylic acids is 1. The van der Waals surface area contributed by atoms with Crippen LogP contribution in [0.25, 0.3) is 11.0 Å². The number of benzene rings is 1. The van der Waals surface area contributed by atoms with E-state index in [2.05, 4.69) is 9.97 Å². The van der Waals surface area contributed by atoms with Gasteiger partial charge in [-0.15, -0.1) is 0 Å². The van der Waals surface area contributed by atoms with E-state index in [4.69, 9.17) is 5.11 Å². The van der Waals surface area contributed by atoms with Gasteiger partial charge in [-0.3, -0.25) is 9.59 Å². The number of nitrogens with zero attached hydrogens (tertiary/aromatic N) is 2. The number of hydrogen-bond donors (Lipinski definition) is 2. The van der Waals surface area contributed by atoms with Gasteiger partial charge in [0.2, 0.25) is 0 Å². The Morgan fingerprint density at radius 1 is 1.43 bits per heavy atom. The average Bonchev–Trinajstić information content (AvgIpc) is 2.93. The molecule has 6 heteroatoms. The molecule has 2 aromatic rings. The number of rotatable bonds is 2. The molecule has 0 bridgehead atoms. The molecule has 0 saturated carbocycles. The van der Waals surface area contributed by atoms with Crippen LogP contribution in [0.5, 0.6) is 0 Å². The van der Waals surface area contributed by atoms with Crippen molar-refractivity contribution in [2.24, 2.45) is 5.92 Å². The van der Waals surface area contributed by atoms with Crippen LogP contribution in [0.2, 0.25) is 0 Å². The Morgan fingerprint density at radius 2 is 2.24 bits per heavy atom. The molecule has 1 aromatic carbocycles. The molecule has 0 spiro atoms. The Labute approximate surface area is 121 Å². The van der Waals surface area contributed by atoms with Crippen molar-refractivity contribution in [1.82, 2.24) is 14.9 Å². The summed E-state index contributed by atoms with van der Waals surface area (Å²) in [5.41, 5.74) is 2.26. The number of piperidine rings is 1. The van der Waals surface area contributed by atoms with E-state index < -0.39 is 5.97 Å². The molecule has 1 aliphatic heterocycles. The molecule has 110 valence electrons. The molecule has 1 aromatic heterocycles. The smallest absolute Gasteiger partial charge is 0.306 e. The van der Waals surface area contributed by atoms with E-state index in [9.17, 15) is 9.59 Å². The number of aromatic amines is 1. The fourth-order valence-corrected chi connectivity index (χ4v) is 2.93. The number of carboxylic acid groups (broad SMARTS) is 1. The highest BCUT2D eigenvalue weighted by Gasteiger charge is 2.32. The molecule has 3 rings (SSSR count). The first-order valence-electron chi connectivity index (χ1n) is 7.03. The summed E-state index contributed by atoms with van der Waals surface area (Å²) >= 11 is 0. The van der Waals surface area contributed by atoms with Crippen LogP contribution < -0.4 is 0 Å². The topological polar surface area (TPSA) is 86.3 Å². The van der Waals surface area contributed by atoms with Crippen LogP contribution >= 0.6 is 0 Å². The molecule has 0 aliphatic carbocycles. The summed E-state index contributed by atoms with van der Waals surface area (Å²) in [6, 6.07) is 5.31. The minimum Gasteiger partial charge on any atom is -0.481 e. The highest BCUT2D eigenvalue weighted by atomic mass is 16.4. The lowest BCUT2D eigenvalue weighted by Gasteiger charge is -2.36. The van der Waals surface area contributed by atoms with Crippen LogP contribution in [-0.4, -0.2) is 44.4 Å². The normalized spacial score (nSPS) is 22.4. The number of aromatic nitrogens is 2. The molecule has 1 saturated heterocycles. The van der Waals surface area contributed by atoms with Gasteiger partial charge in [-0.1, -0.05) is 0 Å². The van der Waals surface area contributed by atoms with Gasteiger partial charge in [0, 0.05) is 18.2 Å². The molecule has 1 aliphatic rings. The van der Waals surface area contributed by atoms with Crippen molar-refractivity contribution in [2.45, 2.75) is 25.8 Å². The van der Waals surface area contributed by atoms with Gasteiger partial charge in [-0.2, -0.15) is 0 Å². The number of likely N-dealkylation sites (tertiary alicyclic amines) is 1. The summed E-state index contributed by atoms with van der Waals surface area (Å²) in [6.45, 7) is 2.39. The summed E-state index contributed by atoms with van der Waals surface area (Å²) < 4.78 is 0.